The molecule has 1 fully saturated rings. The molecule has 0 aromatic heterocycles. The lowest BCUT2D eigenvalue weighted by atomic mass is 10.1. The van der Waals surface area contributed by atoms with E-state index in [1.807, 2.05) is 0 Å². The molecule has 2 aliphatic rings. The first-order chi connectivity index (χ1) is 8.31. The molecule has 0 spiro atoms. The van der Waals surface area contributed by atoms with Gasteiger partial charge in [0.25, 0.3) is 0 Å². The summed E-state index contributed by atoms with van der Waals surface area (Å²) >= 11 is 0. The van der Waals surface area contributed by atoms with E-state index in [1.165, 1.54) is 30.4 Å². The first-order valence-corrected chi connectivity index (χ1v) is 6.78. The van der Waals surface area contributed by atoms with Crippen LogP contribution in [0.3, 0.4) is 0 Å². The second-order valence-corrected chi connectivity index (χ2v) is 5.40. The molecule has 1 heterocycles. The van der Waals surface area contributed by atoms with Crippen molar-refractivity contribution in [3.8, 4) is 5.75 Å². The Kier molecular flexibility index (Phi) is 3.06. The van der Waals surface area contributed by atoms with Gasteiger partial charge in [-0.25, -0.2) is 0 Å². The minimum Gasteiger partial charge on any atom is -0.490 e. The molecular weight excluding hydrogens is 210 g/mol. The van der Waals surface area contributed by atoms with Crippen molar-refractivity contribution in [3.63, 3.8) is 0 Å². The van der Waals surface area contributed by atoms with Crippen LogP contribution in [-0.4, -0.2) is 31.1 Å². The number of rotatable bonds is 2. The number of aryl methyl sites for hydroxylation is 2. The Morgan fingerprint density at radius 3 is 2.71 bits per heavy atom. The lowest BCUT2D eigenvalue weighted by Gasteiger charge is -2.29. The van der Waals surface area contributed by atoms with Gasteiger partial charge in [0.2, 0.25) is 0 Å². The van der Waals surface area contributed by atoms with Crippen molar-refractivity contribution < 1.29 is 4.74 Å². The van der Waals surface area contributed by atoms with Gasteiger partial charge in [-0.05, 0) is 62.4 Å². The Hall–Kier alpha value is -1.02. The lowest BCUT2D eigenvalue weighted by molar-refractivity contribution is 0.114. The molecule has 1 aliphatic heterocycles. The summed E-state index contributed by atoms with van der Waals surface area (Å²) in [6.45, 7) is 2.32. The molecule has 1 aliphatic carbocycles. The standard InChI is InChI=1S/C15H21NO/c1-16-9-7-14(8-10-16)17-15-6-5-12-3-2-4-13(12)11-15/h5-6,11,14H,2-4,7-10H2,1H3. The summed E-state index contributed by atoms with van der Waals surface area (Å²) in [7, 11) is 2.19. The summed E-state index contributed by atoms with van der Waals surface area (Å²) in [6.07, 6.45) is 6.54. The minimum absolute atomic E-state index is 0.422. The van der Waals surface area contributed by atoms with Gasteiger partial charge in [-0.1, -0.05) is 6.07 Å². The van der Waals surface area contributed by atoms with Crippen LogP contribution in [0.15, 0.2) is 18.2 Å². The third-order valence-corrected chi connectivity index (χ3v) is 4.04. The van der Waals surface area contributed by atoms with Crippen LogP contribution in [0, 0.1) is 0 Å². The molecule has 0 unspecified atom stereocenters. The van der Waals surface area contributed by atoms with Gasteiger partial charge in [-0.15, -0.1) is 0 Å². The van der Waals surface area contributed by atoms with E-state index in [9.17, 15) is 0 Å². The van der Waals surface area contributed by atoms with Gasteiger partial charge in [0.1, 0.15) is 11.9 Å². The predicted octanol–water partition coefficient (Wildman–Crippen LogP) is 2.65. The molecule has 0 amide bonds. The van der Waals surface area contributed by atoms with E-state index in [0.29, 0.717) is 6.10 Å². The van der Waals surface area contributed by atoms with Crippen molar-refractivity contribution in [1.29, 1.82) is 0 Å². The summed E-state index contributed by atoms with van der Waals surface area (Å²) in [5, 5.41) is 0. The molecule has 3 rings (SSSR count). The van der Waals surface area contributed by atoms with Crippen LogP contribution < -0.4 is 4.74 Å². The van der Waals surface area contributed by atoms with Crippen molar-refractivity contribution in [1.82, 2.24) is 4.90 Å². The van der Waals surface area contributed by atoms with Gasteiger partial charge in [0.05, 0.1) is 0 Å². The quantitative estimate of drug-likeness (QED) is 0.776. The van der Waals surface area contributed by atoms with E-state index < -0.39 is 0 Å². The summed E-state index contributed by atoms with van der Waals surface area (Å²) in [4.78, 5) is 2.38. The third-order valence-electron chi connectivity index (χ3n) is 4.04. The zero-order chi connectivity index (χ0) is 11.7. The number of hydrogen-bond donors (Lipinski definition) is 0. The number of fused-ring (bicyclic) bond motifs is 1. The molecule has 0 atom stereocenters. The van der Waals surface area contributed by atoms with Crippen molar-refractivity contribution in [2.45, 2.75) is 38.2 Å². The van der Waals surface area contributed by atoms with Gasteiger partial charge in [0.15, 0.2) is 0 Å². The van der Waals surface area contributed by atoms with Crippen molar-refractivity contribution in [2.75, 3.05) is 20.1 Å². The SMILES string of the molecule is CN1CCC(Oc2ccc3c(c2)CCC3)CC1. The fraction of sp³-hybridized carbons (Fsp3) is 0.600. The first-order valence-electron chi connectivity index (χ1n) is 6.78. The van der Waals surface area contributed by atoms with E-state index in [2.05, 4.69) is 30.1 Å². The molecule has 0 radical (unpaired) electrons. The monoisotopic (exact) mass is 231 g/mol. The van der Waals surface area contributed by atoms with Crippen LogP contribution in [0.4, 0.5) is 0 Å². The zero-order valence-corrected chi connectivity index (χ0v) is 10.6. The van der Waals surface area contributed by atoms with Crippen molar-refractivity contribution >= 4 is 0 Å². The number of nitrogens with zero attached hydrogens (tertiary/aromatic N) is 1. The molecule has 0 saturated carbocycles. The fourth-order valence-corrected chi connectivity index (χ4v) is 2.92. The topological polar surface area (TPSA) is 12.5 Å². The second-order valence-electron chi connectivity index (χ2n) is 5.40. The van der Waals surface area contributed by atoms with Gasteiger partial charge in [-0.3, -0.25) is 0 Å². The summed E-state index contributed by atoms with van der Waals surface area (Å²) in [6, 6.07) is 6.68. The molecule has 0 N–H and O–H groups in total. The normalized spacial score (nSPS) is 21.5. The Labute approximate surface area is 104 Å². The first kappa shape index (κ1) is 11.1. The van der Waals surface area contributed by atoms with Crippen molar-refractivity contribution in [2.24, 2.45) is 0 Å². The van der Waals surface area contributed by atoms with Gasteiger partial charge >= 0.3 is 0 Å². The summed E-state index contributed by atoms with van der Waals surface area (Å²) in [5.41, 5.74) is 3.04. The summed E-state index contributed by atoms with van der Waals surface area (Å²) < 4.78 is 6.10. The Morgan fingerprint density at radius 1 is 1.12 bits per heavy atom. The largest absolute Gasteiger partial charge is 0.490 e. The summed E-state index contributed by atoms with van der Waals surface area (Å²) in [5.74, 6) is 1.08. The molecule has 1 aromatic rings. The number of likely N-dealkylation sites (tertiary alicyclic amines) is 1. The Balaban J connectivity index is 1.65. The molecule has 92 valence electrons. The maximum atomic E-state index is 6.10. The molecule has 0 bridgehead atoms. The second kappa shape index (κ2) is 4.69. The van der Waals surface area contributed by atoms with Crippen LogP contribution in [0.25, 0.3) is 0 Å². The van der Waals surface area contributed by atoms with E-state index >= 15 is 0 Å². The fourth-order valence-electron chi connectivity index (χ4n) is 2.92. The van der Waals surface area contributed by atoms with Crippen LogP contribution in [0.2, 0.25) is 0 Å². The lowest BCUT2D eigenvalue weighted by Crippen LogP contribution is -2.35. The Morgan fingerprint density at radius 2 is 1.88 bits per heavy atom. The molecule has 2 nitrogen and oxygen atoms in total. The molecular formula is C15H21NO. The maximum Gasteiger partial charge on any atom is 0.120 e. The smallest absolute Gasteiger partial charge is 0.120 e. The zero-order valence-electron chi connectivity index (χ0n) is 10.6. The van der Waals surface area contributed by atoms with Crippen LogP contribution >= 0.6 is 0 Å². The highest BCUT2D eigenvalue weighted by atomic mass is 16.5. The Bertz CT molecular complexity index is 394. The molecule has 2 heteroatoms. The molecule has 1 saturated heterocycles. The average Bonchev–Trinajstić information content (AvgIpc) is 2.79. The van der Waals surface area contributed by atoms with E-state index in [4.69, 9.17) is 4.74 Å². The van der Waals surface area contributed by atoms with Gasteiger partial charge in [0, 0.05) is 13.1 Å². The van der Waals surface area contributed by atoms with Crippen LogP contribution in [0.1, 0.15) is 30.4 Å². The van der Waals surface area contributed by atoms with Gasteiger partial charge in [-0.2, -0.15) is 0 Å². The van der Waals surface area contributed by atoms with Gasteiger partial charge < -0.3 is 9.64 Å². The average molecular weight is 231 g/mol. The van der Waals surface area contributed by atoms with E-state index in [-0.39, 0.29) is 0 Å². The van der Waals surface area contributed by atoms with Crippen LogP contribution in [0.5, 0.6) is 5.75 Å². The molecule has 17 heavy (non-hydrogen) atoms. The number of ether oxygens (including phenoxy) is 1. The number of benzene rings is 1. The van der Waals surface area contributed by atoms with E-state index in [1.54, 1.807) is 0 Å². The highest BCUT2D eigenvalue weighted by Crippen LogP contribution is 2.27. The maximum absolute atomic E-state index is 6.10. The van der Waals surface area contributed by atoms with Crippen molar-refractivity contribution in [3.05, 3.63) is 29.3 Å². The van der Waals surface area contributed by atoms with Crippen LogP contribution in [-0.2, 0) is 12.8 Å². The number of hydrogen-bond acceptors (Lipinski definition) is 2. The highest BCUT2D eigenvalue weighted by Gasteiger charge is 2.19. The third kappa shape index (κ3) is 2.47. The highest BCUT2D eigenvalue weighted by molar-refractivity contribution is 5.38. The predicted molar refractivity (Wildman–Crippen MR) is 69.6 cm³/mol. The minimum atomic E-state index is 0.422. The molecule has 1 aromatic carbocycles. The number of piperidine rings is 1. The van der Waals surface area contributed by atoms with E-state index in [0.717, 1.165) is 31.7 Å².